The molecule has 0 bridgehead atoms. The summed E-state index contributed by atoms with van der Waals surface area (Å²) in [6, 6.07) is 11.6. The lowest BCUT2D eigenvalue weighted by Crippen LogP contribution is -2.34. The maximum Gasteiger partial charge on any atom is 0.270 e. The molecule has 31 heavy (non-hydrogen) atoms. The van der Waals surface area contributed by atoms with Crippen LogP contribution >= 0.6 is 0 Å². The minimum absolute atomic E-state index is 0.105. The van der Waals surface area contributed by atoms with Crippen molar-refractivity contribution >= 4 is 34.6 Å². The molecule has 1 N–H and O–H groups in total. The van der Waals surface area contributed by atoms with Crippen molar-refractivity contribution in [2.45, 2.75) is 32.6 Å². The number of nitrogens with zero attached hydrogens (tertiary/aromatic N) is 3. The van der Waals surface area contributed by atoms with Crippen molar-refractivity contribution in [1.29, 1.82) is 0 Å². The molecular weight excluding hydrogens is 396 g/mol. The molecule has 0 aromatic heterocycles. The van der Waals surface area contributed by atoms with Crippen molar-refractivity contribution in [3.63, 3.8) is 0 Å². The molecule has 2 aliphatic heterocycles. The molecule has 0 unspecified atom stereocenters. The number of hydrogen-bond acceptors (Lipinski definition) is 5. The zero-order valence-corrected chi connectivity index (χ0v) is 17.5. The summed E-state index contributed by atoms with van der Waals surface area (Å²) in [5, 5.41) is 14.1. The fourth-order valence-corrected chi connectivity index (χ4v) is 4.19. The fraction of sp³-hybridized carbons (Fsp3) is 0.391. The van der Waals surface area contributed by atoms with Gasteiger partial charge in [0.05, 0.1) is 16.2 Å². The van der Waals surface area contributed by atoms with Gasteiger partial charge in [-0.2, -0.15) is 0 Å². The van der Waals surface area contributed by atoms with E-state index >= 15 is 0 Å². The number of nitro groups is 1. The summed E-state index contributed by atoms with van der Waals surface area (Å²) < 4.78 is 0. The molecule has 2 aliphatic rings. The molecule has 0 radical (unpaired) electrons. The number of nitrogens with one attached hydrogen (secondary N) is 1. The molecular formula is C23H26N4O4. The van der Waals surface area contributed by atoms with E-state index < -0.39 is 4.92 Å². The molecule has 8 nitrogen and oxygen atoms in total. The number of hydrogen-bond donors (Lipinski definition) is 1. The Morgan fingerprint density at radius 3 is 2.42 bits per heavy atom. The maximum absolute atomic E-state index is 13.1. The van der Waals surface area contributed by atoms with Crippen molar-refractivity contribution in [2.24, 2.45) is 5.92 Å². The quantitative estimate of drug-likeness (QED) is 0.575. The summed E-state index contributed by atoms with van der Waals surface area (Å²) in [7, 11) is 0. The summed E-state index contributed by atoms with van der Waals surface area (Å²) in [5.41, 5.74) is 2.28. The first-order valence-electron chi connectivity index (χ1n) is 10.7. The molecule has 2 aromatic rings. The second kappa shape index (κ2) is 8.75. The largest absolute Gasteiger partial charge is 0.371 e. The number of carbonyl (C=O) groups is 2. The van der Waals surface area contributed by atoms with Gasteiger partial charge in [0, 0.05) is 49.6 Å². The molecule has 4 rings (SSSR count). The van der Waals surface area contributed by atoms with E-state index in [-0.39, 0.29) is 17.5 Å². The first-order valence-corrected chi connectivity index (χ1v) is 10.7. The van der Waals surface area contributed by atoms with Crippen molar-refractivity contribution in [2.75, 3.05) is 34.8 Å². The average Bonchev–Trinajstić information content (AvgIpc) is 3.20. The molecule has 2 heterocycles. The number of piperidine rings is 1. The summed E-state index contributed by atoms with van der Waals surface area (Å²) in [6.45, 7) is 4.55. The van der Waals surface area contributed by atoms with Crippen LogP contribution in [-0.2, 0) is 4.79 Å². The monoisotopic (exact) mass is 422 g/mol. The van der Waals surface area contributed by atoms with Gasteiger partial charge < -0.3 is 15.1 Å². The maximum atomic E-state index is 13.1. The summed E-state index contributed by atoms with van der Waals surface area (Å²) >= 11 is 0. The van der Waals surface area contributed by atoms with Crippen LogP contribution in [0.25, 0.3) is 0 Å². The fourth-order valence-electron chi connectivity index (χ4n) is 4.19. The summed E-state index contributed by atoms with van der Waals surface area (Å²) in [5.74, 6) is 0.351. The van der Waals surface area contributed by atoms with E-state index in [9.17, 15) is 19.7 Å². The van der Waals surface area contributed by atoms with Crippen LogP contribution in [0.4, 0.5) is 22.7 Å². The third kappa shape index (κ3) is 4.52. The van der Waals surface area contributed by atoms with E-state index in [1.807, 2.05) is 0 Å². The molecule has 162 valence electrons. The Morgan fingerprint density at radius 2 is 1.81 bits per heavy atom. The summed E-state index contributed by atoms with van der Waals surface area (Å²) in [4.78, 5) is 39.7. The van der Waals surface area contributed by atoms with Gasteiger partial charge in [0.25, 0.3) is 11.6 Å². The smallest absolute Gasteiger partial charge is 0.270 e. The highest BCUT2D eigenvalue weighted by atomic mass is 16.6. The Hall–Kier alpha value is -3.42. The van der Waals surface area contributed by atoms with Crippen molar-refractivity contribution in [1.82, 2.24) is 0 Å². The van der Waals surface area contributed by atoms with Gasteiger partial charge in [0.15, 0.2) is 0 Å². The van der Waals surface area contributed by atoms with E-state index in [1.54, 1.807) is 35.2 Å². The van der Waals surface area contributed by atoms with E-state index in [1.165, 1.54) is 12.1 Å². The predicted molar refractivity (Wildman–Crippen MR) is 120 cm³/mol. The zero-order valence-electron chi connectivity index (χ0n) is 17.5. The zero-order chi connectivity index (χ0) is 22.0. The van der Waals surface area contributed by atoms with Gasteiger partial charge in [0.1, 0.15) is 0 Å². The van der Waals surface area contributed by atoms with E-state index in [0.717, 1.165) is 38.0 Å². The number of nitro benzene ring substituents is 1. The second-order valence-electron chi connectivity index (χ2n) is 8.28. The van der Waals surface area contributed by atoms with Crippen LogP contribution in [0.2, 0.25) is 0 Å². The Kier molecular flexibility index (Phi) is 5.88. The molecule has 0 atom stereocenters. The van der Waals surface area contributed by atoms with Crippen LogP contribution < -0.4 is 15.1 Å². The number of amides is 2. The number of anilines is 3. The van der Waals surface area contributed by atoms with Gasteiger partial charge in [-0.1, -0.05) is 6.92 Å². The molecule has 2 aromatic carbocycles. The molecule has 0 saturated carbocycles. The van der Waals surface area contributed by atoms with Crippen LogP contribution in [0.1, 0.15) is 43.0 Å². The van der Waals surface area contributed by atoms with Crippen LogP contribution in [0.3, 0.4) is 0 Å². The van der Waals surface area contributed by atoms with Crippen LogP contribution in [0.5, 0.6) is 0 Å². The first-order chi connectivity index (χ1) is 14.9. The highest BCUT2D eigenvalue weighted by Gasteiger charge is 2.24. The number of non-ortho nitro benzene ring substituents is 1. The normalized spacial score (nSPS) is 17.1. The SMILES string of the molecule is CC1CCN(c2ccc([N+](=O)[O-])cc2C(=O)Nc2ccc(N3CCCC3=O)cc2)CC1. The van der Waals surface area contributed by atoms with Gasteiger partial charge in [-0.25, -0.2) is 0 Å². The van der Waals surface area contributed by atoms with Gasteiger partial charge in [0.2, 0.25) is 5.91 Å². The Labute approximate surface area is 181 Å². The lowest BCUT2D eigenvalue weighted by molar-refractivity contribution is -0.384. The highest BCUT2D eigenvalue weighted by molar-refractivity contribution is 6.08. The molecule has 2 fully saturated rings. The Morgan fingerprint density at radius 1 is 1.10 bits per heavy atom. The minimum Gasteiger partial charge on any atom is -0.371 e. The lowest BCUT2D eigenvalue weighted by Gasteiger charge is -2.33. The average molecular weight is 422 g/mol. The van der Waals surface area contributed by atoms with Crippen molar-refractivity contribution < 1.29 is 14.5 Å². The summed E-state index contributed by atoms with van der Waals surface area (Å²) in [6.07, 6.45) is 3.45. The number of carbonyl (C=O) groups excluding carboxylic acids is 2. The highest BCUT2D eigenvalue weighted by Crippen LogP contribution is 2.30. The van der Waals surface area contributed by atoms with Crippen LogP contribution in [0.15, 0.2) is 42.5 Å². The van der Waals surface area contributed by atoms with Crippen LogP contribution in [-0.4, -0.2) is 36.4 Å². The molecule has 8 heteroatoms. The van der Waals surface area contributed by atoms with E-state index in [2.05, 4.69) is 17.1 Å². The number of rotatable bonds is 5. The third-order valence-corrected chi connectivity index (χ3v) is 6.07. The minimum atomic E-state index is -0.485. The van der Waals surface area contributed by atoms with Gasteiger partial charge in [-0.15, -0.1) is 0 Å². The molecule has 2 amide bonds. The predicted octanol–water partition coefficient (Wildman–Crippen LogP) is 4.21. The van der Waals surface area contributed by atoms with E-state index in [4.69, 9.17) is 0 Å². The van der Waals surface area contributed by atoms with Crippen LogP contribution in [0, 0.1) is 16.0 Å². The standard InChI is InChI=1S/C23H26N4O4/c1-16-10-13-25(14-11-16)21-9-8-19(27(30)31)15-20(21)23(29)24-17-4-6-18(7-5-17)26-12-2-3-22(26)28/h4-9,15-16H,2-3,10-14H2,1H3,(H,24,29). The topological polar surface area (TPSA) is 95.8 Å². The Bertz CT molecular complexity index is 997. The lowest BCUT2D eigenvalue weighted by atomic mass is 9.98. The number of benzene rings is 2. The third-order valence-electron chi connectivity index (χ3n) is 6.07. The van der Waals surface area contributed by atoms with Gasteiger partial charge in [-0.3, -0.25) is 19.7 Å². The molecule has 0 spiro atoms. The molecule has 2 saturated heterocycles. The van der Waals surface area contributed by atoms with Crippen molar-refractivity contribution in [3.8, 4) is 0 Å². The Balaban J connectivity index is 1.56. The first kappa shape index (κ1) is 20.8. The van der Waals surface area contributed by atoms with Crippen molar-refractivity contribution in [3.05, 3.63) is 58.1 Å². The molecule has 0 aliphatic carbocycles. The van der Waals surface area contributed by atoms with Gasteiger partial charge in [-0.05, 0) is 55.5 Å². The van der Waals surface area contributed by atoms with E-state index in [0.29, 0.717) is 35.8 Å². The van der Waals surface area contributed by atoms with Gasteiger partial charge >= 0.3 is 0 Å². The second-order valence-corrected chi connectivity index (χ2v) is 8.28.